The minimum atomic E-state index is -0.319. The Morgan fingerprint density at radius 1 is 1.10 bits per heavy atom. The van der Waals surface area contributed by atoms with Crippen molar-refractivity contribution in [3.8, 4) is 5.75 Å². The molecular weight excluding hydrogens is 297 g/mol. The number of rotatable bonds is 3. The molecule has 104 valence electrons. The van der Waals surface area contributed by atoms with E-state index in [9.17, 15) is 4.79 Å². The highest BCUT2D eigenvalue weighted by Crippen LogP contribution is 2.31. The van der Waals surface area contributed by atoms with Gasteiger partial charge in [-0.25, -0.2) is 0 Å². The molecule has 0 spiro atoms. The summed E-state index contributed by atoms with van der Waals surface area (Å²) in [5.41, 5.74) is 1.71. The highest BCUT2D eigenvalue weighted by molar-refractivity contribution is 6.40. The van der Waals surface area contributed by atoms with Gasteiger partial charge < -0.3 is 10.1 Å². The number of carbonyl (C=O) groups excluding carboxylic acids is 1. The zero-order chi connectivity index (χ0) is 14.7. The number of halogens is 2. The molecular formula is C15H13Cl2NO2. The molecule has 0 unspecified atom stereocenters. The van der Waals surface area contributed by atoms with Gasteiger partial charge in [0.2, 0.25) is 0 Å². The summed E-state index contributed by atoms with van der Waals surface area (Å²) >= 11 is 12.1. The first kappa shape index (κ1) is 14.7. The maximum absolute atomic E-state index is 12.3. The lowest BCUT2D eigenvalue weighted by molar-refractivity contribution is 0.102. The second-order valence-electron chi connectivity index (χ2n) is 4.21. The van der Waals surface area contributed by atoms with Crippen LogP contribution in [0.5, 0.6) is 5.75 Å². The monoisotopic (exact) mass is 309 g/mol. The largest absolute Gasteiger partial charge is 0.496 e. The van der Waals surface area contributed by atoms with Crippen LogP contribution < -0.4 is 10.1 Å². The normalized spacial score (nSPS) is 10.2. The van der Waals surface area contributed by atoms with E-state index in [1.54, 1.807) is 30.3 Å². The van der Waals surface area contributed by atoms with E-state index in [0.29, 0.717) is 27.0 Å². The summed E-state index contributed by atoms with van der Waals surface area (Å²) < 4.78 is 5.27. The molecule has 0 fully saturated rings. The summed E-state index contributed by atoms with van der Waals surface area (Å²) in [5.74, 6) is 0.216. The summed E-state index contributed by atoms with van der Waals surface area (Å²) in [6, 6.07) is 10.4. The van der Waals surface area contributed by atoms with E-state index in [0.717, 1.165) is 5.56 Å². The Morgan fingerprint density at radius 2 is 1.70 bits per heavy atom. The highest BCUT2D eigenvalue weighted by atomic mass is 35.5. The van der Waals surface area contributed by atoms with Crippen LogP contribution in [0.1, 0.15) is 15.9 Å². The van der Waals surface area contributed by atoms with Gasteiger partial charge in [-0.05, 0) is 30.7 Å². The number of aryl methyl sites for hydroxylation is 1. The Bertz CT molecular complexity index is 636. The zero-order valence-corrected chi connectivity index (χ0v) is 12.5. The second-order valence-corrected chi connectivity index (χ2v) is 5.02. The lowest BCUT2D eigenvalue weighted by Gasteiger charge is -2.13. The Labute approximate surface area is 127 Å². The van der Waals surface area contributed by atoms with Gasteiger partial charge in [-0.15, -0.1) is 0 Å². The molecule has 0 aliphatic rings. The van der Waals surface area contributed by atoms with Crippen molar-refractivity contribution >= 4 is 34.8 Å². The van der Waals surface area contributed by atoms with E-state index in [-0.39, 0.29) is 5.91 Å². The van der Waals surface area contributed by atoms with Gasteiger partial charge in [0.05, 0.1) is 28.4 Å². The molecule has 2 aromatic carbocycles. The topological polar surface area (TPSA) is 38.3 Å². The number of hydrogen-bond acceptors (Lipinski definition) is 2. The molecule has 0 aliphatic heterocycles. The van der Waals surface area contributed by atoms with Crippen LogP contribution in [-0.4, -0.2) is 13.0 Å². The quantitative estimate of drug-likeness (QED) is 0.902. The van der Waals surface area contributed by atoms with Gasteiger partial charge in [-0.2, -0.15) is 0 Å². The van der Waals surface area contributed by atoms with Gasteiger partial charge in [0.1, 0.15) is 5.75 Å². The van der Waals surface area contributed by atoms with Crippen molar-refractivity contribution in [1.82, 2.24) is 0 Å². The van der Waals surface area contributed by atoms with Crippen LogP contribution in [0.2, 0.25) is 10.0 Å². The molecule has 1 amide bonds. The summed E-state index contributed by atoms with van der Waals surface area (Å²) in [5, 5.41) is 3.49. The average molecular weight is 310 g/mol. The van der Waals surface area contributed by atoms with Crippen molar-refractivity contribution in [3.05, 3.63) is 57.6 Å². The summed E-state index contributed by atoms with van der Waals surface area (Å²) in [7, 11) is 1.53. The molecule has 0 atom stereocenters. The minimum absolute atomic E-state index is 0.319. The zero-order valence-electron chi connectivity index (χ0n) is 11.0. The van der Waals surface area contributed by atoms with Crippen LogP contribution in [0.4, 0.5) is 5.69 Å². The first-order chi connectivity index (χ1) is 9.54. The van der Waals surface area contributed by atoms with Crippen LogP contribution in [0.25, 0.3) is 0 Å². The van der Waals surface area contributed by atoms with E-state index >= 15 is 0 Å². The fourth-order valence-corrected chi connectivity index (χ4v) is 2.39. The molecule has 20 heavy (non-hydrogen) atoms. The van der Waals surface area contributed by atoms with Gasteiger partial charge in [0, 0.05) is 0 Å². The standard InChI is InChI=1S/C15H13Cl2NO2/c1-9-5-3-6-10(14(9)20-2)15(19)18-13-11(16)7-4-8-12(13)17/h3-8H,1-2H3,(H,18,19). The lowest BCUT2D eigenvalue weighted by atomic mass is 10.1. The number of carbonyl (C=O) groups is 1. The van der Waals surface area contributed by atoms with Crippen molar-refractivity contribution in [2.45, 2.75) is 6.92 Å². The molecule has 0 bridgehead atoms. The molecule has 0 saturated carbocycles. The van der Waals surface area contributed by atoms with E-state index in [1.165, 1.54) is 7.11 Å². The van der Waals surface area contributed by atoms with Crippen LogP contribution in [0.15, 0.2) is 36.4 Å². The average Bonchev–Trinajstić information content (AvgIpc) is 2.42. The third kappa shape index (κ3) is 2.89. The number of methoxy groups -OCH3 is 1. The predicted octanol–water partition coefficient (Wildman–Crippen LogP) is 4.56. The summed E-state index contributed by atoms with van der Waals surface area (Å²) in [6.45, 7) is 1.87. The molecule has 3 nitrogen and oxygen atoms in total. The highest BCUT2D eigenvalue weighted by Gasteiger charge is 2.16. The van der Waals surface area contributed by atoms with Crippen molar-refractivity contribution in [2.75, 3.05) is 12.4 Å². The smallest absolute Gasteiger partial charge is 0.259 e. The van der Waals surface area contributed by atoms with Gasteiger partial charge in [0.15, 0.2) is 0 Å². The predicted molar refractivity (Wildman–Crippen MR) is 82.1 cm³/mol. The number of para-hydroxylation sites is 2. The van der Waals surface area contributed by atoms with Crippen LogP contribution in [-0.2, 0) is 0 Å². The third-order valence-corrected chi connectivity index (χ3v) is 3.49. The fraction of sp³-hybridized carbons (Fsp3) is 0.133. The molecule has 5 heteroatoms. The van der Waals surface area contributed by atoms with E-state index in [2.05, 4.69) is 5.32 Å². The first-order valence-electron chi connectivity index (χ1n) is 5.93. The first-order valence-corrected chi connectivity index (χ1v) is 6.69. The molecule has 0 radical (unpaired) electrons. The number of amides is 1. The Morgan fingerprint density at radius 3 is 2.30 bits per heavy atom. The van der Waals surface area contributed by atoms with Crippen LogP contribution in [0.3, 0.4) is 0 Å². The van der Waals surface area contributed by atoms with Crippen LogP contribution >= 0.6 is 23.2 Å². The number of anilines is 1. The number of hydrogen-bond donors (Lipinski definition) is 1. The second kappa shape index (κ2) is 6.16. The number of nitrogens with one attached hydrogen (secondary N) is 1. The SMILES string of the molecule is COc1c(C)cccc1C(=O)Nc1c(Cl)cccc1Cl. The Balaban J connectivity index is 2.36. The molecule has 1 N–H and O–H groups in total. The third-order valence-electron chi connectivity index (χ3n) is 2.86. The summed E-state index contributed by atoms with van der Waals surface area (Å²) in [6.07, 6.45) is 0. The Hall–Kier alpha value is -1.71. The lowest BCUT2D eigenvalue weighted by Crippen LogP contribution is -2.14. The van der Waals surface area contributed by atoms with Crippen molar-refractivity contribution in [1.29, 1.82) is 0 Å². The molecule has 0 heterocycles. The van der Waals surface area contributed by atoms with Gasteiger partial charge >= 0.3 is 0 Å². The molecule has 0 saturated heterocycles. The van der Waals surface area contributed by atoms with E-state index in [1.807, 2.05) is 13.0 Å². The van der Waals surface area contributed by atoms with E-state index in [4.69, 9.17) is 27.9 Å². The van der Waals surface area contributed by atoms with Crippen molar-refractivity contribution in [3.63, 3.8) is 0 Å². The minimum Gasteiger partial charge on any atom is -0.496 e. The van der Waals surface area contributed by atoms with Crippen molar-refractivity contribution in [2.24, 2.45) is 0 Å². The number of benzene rings is 2. The Kier molecular flexibility index (Phi) is 4.53. The maximum atomic E-state index is 12.3. The molecule has 2 rings (SSSR count). The van der Waals surface area contributed by atoms with Gasteiger partial charge in [-0.3, -0.25) is 4.79 Å². The molecule has 0 aromatic heterocycles. The van der Waals surface area contributed by atoms with Crippen molar-refractivity contribution < 1.29 is 9.53 Å². The fourth-order valence-electron chi connectivity index (χ4n) is 1.90. The maximum Gasteiger partial charge on any atom is 0.259 e. The summed E-state index contributed by atoms with van der Waals surface area (Å²) in [4.78, 5) is 12.3. The van der Waals surface area contributed by atoms with Gasteiger partial charge in [-0.1, -0.05) is 41.4 Å². The van der Waals surface area contributed by atoms with Crippen LogP contribution in [0, 0.1) is 6.92 Å². The van der Waals surface area contributed by atoms with E-state index < -0.39 is 0 Å². The van der Waals surface area contributed by atoms with Gasteiger partial charge in [0.25, 0.3) is 5.91 Å². The number of ether oxygens (including phenoxy) is 1. The molecule has 2 aromatic rings. The molecule has 0 aliphatic carbocycles.